The third-order valence-corrected chi connectivity index (χ3v) is 2.58. The molecular formula is C10H17NO7. The molecule has 1 fully saturated rings. The van der Waals surface area contributed by atoms with Crippen LogP contribution in [-0.4, -0.2) is 71.4 Å². The van der Waals surface area contributed by atoms with Gasteiger partial charge in [-0.1, -0.05) is 0 Å². The molecule has 1 aliphatic rings. The lowest BCUT2D eigenvalue weighted by Crippen LogP contribution is -2.64. The quantitative estimate of drug-likeness (QED) is 0.393. The van der Waals surface area contributed by atoms with Gasteiger partial charge in [-0.2, -0.15) is 0 Å². The van der Waals surface area contributed by atoms with Crippen LogP contribution >= 0.6 is 0 Å². The molecule has 1 amide bonds. The van der Waals surface area contributed by atoms with Crippen LogP contribution in [0, 0.1) is 0 Å². The highest BCUT2D eigenvalue weighted by atomic mass is 16.7. The SMILES string of the molecule is CC(=O)N[C@H]1[C@@H](OCC=O)O[C@H](CO)[C@H](O)[C@@H]1O. The molecule has 0 saturated carbocycles. The van der Waals surface area contributed by atoms with Crippen molar-refractivity contribution in [3.05, 3.63) is 0 Å². The van der Waals surface area contributed by atoms with E-state index in [0.717, 1.165) is 0 Å². The number of amides is 1. The Hall–Kier alpha value is -1.06. The van der Waals surface area contributed by atoms with Gasteiger partial charge in [0.05, 0.1) is 6.61 Å². The minimum atomic E-state index is -1.36. The van der Waals surface area contributed by atoms with Gasteiger partial charge in [0.15, 0.2) is 6.29 Å². The Balaban J connectivity index is 2.79. The van der Waals surface area contributed by atoms with Crippen LogP contribution in [0.4, 0.5) is 0 Å². The van der Waals surface area contributed by atoms with Gasteiger partial charge in [-0.25, -0.2) is 0 Å². The molecule has 1 aliphatic heterocycles. The van der Waals surface area contributed by atoms with Crippen LogP contribution in [0.2, 0.25) is 0 Å². The summed E-state index contributed by atoms with van der Waals surface area (Å²) >= 11 is 0. The Kier molecular flexibility index (Phi) is 5.63. The van der Waals surface area contributed by atoms with Gasteiger partial charge in [0, 0.05) is 6.92 Å². The largest absolute Gasteiger partial charge is 0.394 e. The molecule has 1 rings (SSSR count). The maximum Gasteiger partial charge on any atom is 0.217 e. The highest BCUT2D eigenvalue weighted by molar-refractivity contribution is 5.73. The van der Waals surface area contributed by atoms with Gasteiger partial charge in [-0.05, 0) is 0 Å². The normalized spacial score (nSPS) is 36.1. The van der Waals surface area contributed by atoms with Crippen molar-refractivity contribution < 1.29 is 34.4 Å². The van der Waals surface area contributed by atoms with Crippen LogP contribution in [-0.2, 0) is 19.1 Å². The minimum absolute atomic E-state index is 0.290. The van der Waals surface area contributed by atoms with Gasteiger partial charge in [0.2, 0.25) is 5.91 Å². The van der Waals surface area contributed by atoms with Crippen molar-refractivity contribution in [1.29, 1.82) is 0 Å². The second kappa shape index (κ2) is 6.76. The van der Waals surface area contributed by atoms with E-state index in [1.54, 1.807) is 0 Å². The van der Waals surface area contributed by atoms with Crippen LogP contribution in [0.25, 0.3) is 0 Å². The number of aliphatic hydroxyl groups excluding tert-OH is 3. The number of aliphatic hydroxyl groups is 3. The number of carbonyl (C=O) groups excluding carboxylic acids is 2. The fourth-order valence-corrected chi connectivity index (χ4v) is 1.75. The lowest BCUT2D eigenvalue weighted by Gasteiger charge is -2.41. The van der Waals surface area contributed by atoms with Crippen LogP contribution in [0.3, 0.4) is 0 Å². The zero-order valence-electron chi connectivity index (χ0n) is 9.85. The van der Waals surface area contributed by atoms with E-state index in [2.05, 4.69) is 5.32 Å². The Morgan fingerprint density at radius 3 is 2.61 bits per heavy atom. The molecule has 0 bridgehead atoms. The highest BCUT2D eigenvalue weighted by Crippen LogP contribution is 2.21. The standard InChI is InChI=1S/C10H17NO7/c1-5(14)11-7-9(16)8(15)6(4-13)18-10(7)17-3-2-12/h2,6-10,13,15-16H,3-4H2,1H3,(H,11,14)/t6-,7-,8+,9-,10+/m1/s1. The van der Waals surface area contributed by atoms with Crippen LogP contribution < -0.4 is 5.32 Å². The van der Waals surface area contributed by atoms with Crippen molar-refractivity contribution in [2.75, 3.05) is 13.2 Å². The second-order valence-corrected chi connectivity index (χ2v) is 3.93. The molecule has 104 valence electrons. The third kappa shape index (κ3) is 3.47. The van der Waals surface area contributed by atoms with Crippen molar-refractivity contribution in [1.82, 2.24) is 5.32 Å². The fourth-order valence-electron chi connectivity index (χ4n) is 1.75. The van der Waals surface area contributed by atoms with E-state index in [1.165, 1.54) is 6.92 Å². The second-order valence-electron chi connectivity index (χ2n) is 3.93. The van der Waals surface area contributed by atoms with Gasteiger partial charge >= 0.3 is 0 Å². The average molecular weight is 263 g/mol. The van der Waals surface area contributed by atoms with Gasteiger partial charge < -0.3 is 34.9 Å². The summed E-state index contributed by atoms with van der Waals surface area (Å²) in [5, 5.41) is 30.8. The van der Waals surface area contributed by atoms with Crippen molar-refractivity contribution in [3.8, 4) is 0 Å². The lowest BCUT2D eigenvalue weighted by atomic mass is 9.97. The molecule has 0 spiro atoms. The molecule has 1 saturated heterocycles. The molecule has 0 aromatic rings. The predicted molar refractivity (Wildman–Crippen MR) is 57.4 cm³/mol. The topological polar surface area (TPSA) is 125 Å². The van der Waals surface area contributed by atoms with E-state index in [4.69, 9.17) is 14.6 Å². The molecule has 5 atom stereocenters. The van der Waals surface area contributed by atoms with Gasteiger partial charge in [0.1, 0.15) is 37.2 Å². The smallest absolute Gasteiger partial charge is 0.217 e. The molecular weight excluding hydrogens is 246 g/mol. The first-order valence-corrected chi connectivity index (χ1v) is 5.46. The number of aldehydes is 1. The van der Waals surface area contributed by atoms with E-state index >= 15 is 0 Å². The summed E-state index contributed by atoms with van der Waals surface area (Å²) in [6, 6.07) is -1.01. The summed E-state index contributed by atoms with van der Waals surface area (Å²) in [5.74, 6) is -0.447. The zero-order chi connectivity index (χ0) is 13.7. The molecule has 4 N–H and O–H groups in total. The maximum absolute atomic E-state index is 11.0. The number of ether oxygens (including phenoxy) is 2. The molecule has 0 aromatic carbocycles. The van der Waals surface area contributed by atoms with Gasteiger partial charge in [0.25, 0.3) is 0 Å². The first-order chi connectivity index (χ1) is 8.51. The molecule has 8 nitrogen and oxygen atoms in total. The van der Waals surface area contributed by atoms with E-state index in [9.17, 15) is 19.8 Å². The van der Waals surface area contributed by atoms with Gasteiger partial charge in [-0.15, -0.1) is 0 Å². The number of rotatable bonds is 5. The molecule has 8 heteroatoms. The fraction of sp³-hybridized carbons (Fsp3) is 0.800. The zero-order valence-corrected chi connectivity index (χ0v) is 9.85. The Bertz CT molecular complexity index is 298. The minimum Gasteiger partial charge on any atom is -0.394 e. The molecule has 0 aromatic heterocycles. The van der Waals surface area contributed by atoms with E-state index < -0.39 is 43.2 Å². The van der Waals surface area contributed by atoms with Crippen LogP contribution in [0.1, 0.15) is 6.92 Å². The van der Waals surface area contributed by atoms with Crippen LogP contribution in [0.5, 0.6) is 0 Å². The van der Waals surface area contributed by atoms with Crippen molar-refractivity contribution in [2.45, 2.75) is 37.6 Å². The number of carbonyl (C=O) groups is 2. The predicted octanol–water partition coefficient (Wildman–Crippen LogP) is -2.85. The summed E-state index contributed by atoms with van der Waals surface area (Å²) in [4.78, 5) is 21.2. The average Bonchev–Trinajstić information content (AvgIpc) is 2.33. The summed E-state index contributed by atoms with van der Waals surface area (Å²) < 4.78 is 10.2. The Morgan fingerprint density at radius 2 is 2.11 bits per heavy atom. The molecule has 0 unspecified atom stereocenters. The Labute approximate surface area is 104 Å². The third-order valence-electron chi connectivity index (χ3n) is 2.58. The number of hydrogen-bond acceptors (Lipinski definition) is 7. The molecule has 0 radical (unpaired) electrons. The highest BCUT2D eigenvalue weighted by Gasteiger charge is 2.45. The summed E-state index contributed by atoms with van der Waals surface area (Å²) in [7, 11) is 0. The van der Waals surface area contributed by atoms with Crippen LogP contribution in [0.15, 0.2) is 0 Å². The maximum atomic E-state index is 11.0. The first-order valence-electron chi connectivity index (χ1n) is 5.46. The number of nitrogens with one attached hydrogen (secondary N) is 1. The first kappa shape index (κ1) is 15.0. The summed E-state index contributed by atoms with van der Waals surface area (Å²) in [6.07, 6.45) is -4.39. The molecule has 1 heterocycles. The van der Waals surface area contributed by atoms with E-state index in [-0.39, 0.29) is 6.61 Å². The van der Waals surface area contributed by atoms with E-state index in [1.807, 2.05) is 0 Å². The monoisotopic (exact) mass is 263 g/mol. The molecule has 18 heavy (non-hydrogen) atoms. The van der Waals surface area contributed by atoms with Crippen molar-refractivity contribution >= 4 is 12.2 Å². The molecule has 0 aliphatic carbocycles. The Morgan fingerprint density at radius 1 is 1.44 bits per heavy atom. The summed E-state index contributed by atoms with van der Waals surface area (Å²) in [6.45, 7) is 0.418. The van der Waals surface area contributed by atoms with Crippen molar-refractivity contribution in [2.24, 2.45) is 0 Å². The summed E-state index contributed by atoms with van der Waals surface area (Å²) in [5.41, 5.74) is 0. The van der Waals surface area contributed by atoms with Crippen molar-refractivity contribution in [3.63, 3.8) is 0 Å². The van der Waals surface area contributed by atoms with E-state index in [0.29, 0.717) is 6.29 Å². The lowest BCUT2D eigenvalue weighted by molar-refractivity contribution is -0.267. The van der Waals surface area contributed by atoms with Gasteiger partial charge in [-0.3, -0.25) is 4.79 Å². The number of hydrogen-bond donors (Lipinski definition) is 4.